The van der Waals surface area contributed by atoms with Crippen molar-refractivity contribution in [3.8, 4) is 0 Å². The molecule has 1 saturated heterocycles. The van der Waals surface area contributed by atoms with Gasteiger partial charge in [0.2, 0.25) is 5.91 Å². The third kappa shape index (κ3) is 4.77. The molecule has 0 spiro atoms. The van der Waals surface area contributed by atoms with E-state index in [0.29, 0.717) is 25.8 Å². The number of allylic oxidation sites excluding steroid dienone is 2. The number of rotatable bonds is 7. The third-order valence-electron chi connectivity index (χ3n) is 6.81. The van der Waals surface area contributed by atoms with Crippen molar-refractivity contribution in [3.63, 3.8) is 0 Å². The molecule has 34 heavy (non-hydrogen) atoms. The van der Waals surface area contributed by atoms with E-state index in [1.165, 1.54) is 0 Å². The summed E-state index contributed by atoms with van der Waals surface area (Å²) in [5.74, 6) is -0.0333. The van der Waals surface area contributed by atoms with E-state index < -0.39 is 5.60 Å². The maximum Gasteiger partial charge on any atom is 0.411 e. The number of carbonyl (C=O) groups is 2. The van der Waals surface area contributed by atoms with Crippen LogP contribution in [0.15, 0.2) is 72.9 Å². The minimum atomic E-state index is -0.797. The Balaban J connectivity index is 1.53. The van der Waals surface area contributed by atoms with E-state index in [1.807, 2.05) is 42.6 Å². The molecule has 2 amide bonds. The van der Waals surface area contributed by atoms with Gasteiger partial charge in [0.25, 0.3) is 0 Å². The molecule has 2 aliphatic rings. The van der Waals surface area contributed by atoms with Gasteiger partial charge in [0.1, 0.15) is 5.60 Å². The molecule has 0 saturated carbocycles. The van der Waals surface area contributed by atoms with E-state index in [-0.39, 0.29) is 24.6 Å². The molecule has 1 fully saturated rings. The molecule has 2 heterocycles. The van der Waals surface area contributed by atoms with Gasteiger partial charge in [-0.15, -0.1) is 0 Å². The molecular weight excluding hydrogens is 428 g/mol. The van der Waals surface area contributed by atoms with Crippen LogP contribution in [0.5, 0.6) is 0 Å². The third-order valence-corrected chi connectivity index (χ3v) is 6.81. The van der Waals surface area contributed by atoms with Crippen LogP contribution in [0.4, 0.5) is 4.79 Å². The van der Waals surface area contributed by atoms with Crippen LogP contribution < -0.4 is 0 Å². The Hall–Kier alpha value is -3.38. The highest BCUT2D eigenvalue weighted by Gasteiger charge is 2.43. The van der Waals surface area contributed by atoms with Crippen molar-refractivity contribution >= 4 is 17.6 Å². The summed E-state index contributed by atoms with van der Waals surface area (Å²) in [6, 6.07) is 17.8. The average molecular weight is 461 g/mol. The van der Waals surface area contributed by atoms with Crippen molar-refractivity contribution in [3.05, 3.63) is 89.6 Å². The predicted octanol–water partition coefficient (Wildman–Crippen LogP) is 5.02. The molecule has 2 atom stereocenters. The number of likely N-dealkylation sites (N-methyl/N-ethyl adjacent to an activating group) is 1. The van der Waals surface area contributed by atoms with E-state index in [4.69, 9.17) is 4.74 Å². The number of carbonyl (C=O) groups excluding carboxylic acids is 2. The lowest BCUT2D eigenvalue weighted by Crippen LogP contribution is -2.49. The molecule has 6 nitrogen and oxygen atoms in total. The number of hydrogen-bond donors (Lipinski definition) is 1. The van der Waals surface area contributed by atoms with Crippen molar-refractivity contribution < 1.29 is 19.4 Å². The van der Waals surface area contributed by atoms with Gasteiger partial charge >= 0.3 is 6.09 Å². The average Bonchev–Trinajstić information content (AvgIpc) is 3.02. The Morgan fingerprint density at radius 3 is 2.47 bits per heavy atom. The summed E-state index contributed by atoms with van der Waals surface area (Å²) in [4.78, 5) is 28.5. The Morgan fingerprint density at radius 1 is 1.09 bits per heavy atom. The van der Waals surface area contributed by atoms with Crippen molar-refractivity contribution in [1.29, 1.82) is 0 Å². The lowest BCUT2D eigenvalue weighted by atomic mass is 9.85. The maximum atomic E-state index is 13.2. The van der Waals surface area contributed by atoms with Gasteiger partial charge in [-0.05, 0) is 41.2 Å². The fourth-order valence-electron chi connectivity index (χ4n) is 4.90. The SMILES string of the molecule is CC[C@@H](c1ccc(C2=CN(C)C(=O)C=CC2)cc1)N1CC[C@](CCO)(c2ccccc2)OC1=O. The second-order valence-corrected chi connectivity index (χ2v) is 8.90. The zero-order valence-electron chi connectivity index (χ0n) is 19.8. The molecular formula is C28H32N2O4. The first-order valence-corrected chi connectivity index (χ1v) is 11.9. The Labute approximate surface area is 201 Å². The Kier molecular flexibility index (Phi) is 7.17. The van der Waals surface area contributed by atoms with E-state index in [1.54, 1.807) is 22.9 Å². The predicted molar refractivity (Wildman–Crippen MR) is 132 cm³/mol. The number of benzene rings is 2. The van der Waals surface area contributed by atoms with Gasteiger partial charge in [0.05, 0.1) is 6.04 Å². The van der Waals surface area contributed by atoms with Crippen LogP contribution in [0.3, 0.4) is 0 Å². The smallest absolute Gasteiger partial charge is 0.411 e. The minimum Gasteiger partial charge on any atom is -0.438 e. The van der Waals surface area contributed by atoms with Gasteiger partial charge < -0.3 is 19.6 Å². The van der Waals surface area contributed by atoms with Crippen LogP contribution in [0.2, 0.25) is 0 Å². The van der Waals surface area contributed by atoms with Crippen molar-refractivity contribution in [1.82, 2.24) is 9.80 Å². The molecule has 0 bridgehead atoms. The zero-order chi connectivity index (χ0) is 24.1. The van der Waals surface area contributed by atoms with Crippen LogP contribution in [0.25, 0.3) is 5.57 Å². The van der Waals surface area contributed by atoms with E-state index >= 15 is 0 Å². The van der Waals surface area contributed by atoms with Crippen molar-refractivity contribution in [2.75, 3.05) is 20.2 Å². The van der Waals surface area contributed by atoms with Crippen LogP contribution in [0, 0.1) is 0 Å². The number of amides is 2. The Morgan fingerprint density at radius 2 is 1.82 bits per heavy atom. The summed E-state index contributed by atoms with van der Waals surface area (Å²) in [6.45, 7) is 2.57. The summed E-state index contributed by atoms with van der Waals surface area (Å²) in [5, 5.41) is 9.68. The second kappa shape index (κ2) is 10.3. The van der Waals surface area contributed by atoms with Crippen molar-refractivity contribution in [2.24, 2.45) is 0 Å². The molecule has 0 radical (unpaired) electrons. The molecule has 6 heteroatoms. The molecule has 1 N–H and O–H groups in total. The molecule has 178 valence electrons. The molecule has 0 unspecified atom stereocenters. The summed E-state index contributed by atoms with van der Waals surface area (Å²) in [7, 11) is 1.76. The normalized spacial score (nSPS) is 21.7. The highest BCUT2D eigenvalue weighted by Crippen LogP contribution is 2.40. The molecule has 2 aliphatic heterocycles. The quantitative estimate of drug-likeness (QED) is 0.630. The standard InChI is InChI=1S/C28H32N2O4/c1-3-25(22-14-12-21(13-15-22)23-8-7-11-26(32)29(2)20-23)30-18-16-28(17-19-31,34-27(30)33)24-9-5-4-6-10-24/h4-7,9-15,20,25,31H,3,8,16-19H2,1-2H3/t25-,28-/m0/s1. The minimum absolute atomic E-state index is 0.0333. The van der Waals surface area contributed by atoms with Crippen LogP contribution >= 0.6 is 0 Å². The van der Waals surface area contributed by atoms with E-state index in [9.17, 15) is 14.7 Å². The van der Waals surface area contributed by atoms with Gasteiger partial charge in [0, 0.05) is 39.2 Å². The summed E-state index contributed by atoms with van der Waals surface area (Å²) >= 11 is 0. The fourth-order valence-corrected chi connectivity index (χ4v) is 4.90. The highest BCUT2D eigenvalue weighted by atomic mass is 16.6. The van der Waals surface area contributed by atoms with Crippen LogP contribution in [-0.4, -0.2) is 47.1 Å². The van der Waals surface area contributed by atoms with E-state index in [0.717, 1.165) is 28.7 Å². The summed E-state index contributed by atoms with van der Waals surface area (Å²) in [5.41, 5.74) is 3.29. The van der Waals surface area contributed by atoms with Gasteiger partial charge in [-0.2, -0.15) is 0 Å². The monoisotopic (exact) mass is 460 g/mol. The summed E-state index contributed by atoms with van der Waals surface area (Å²) in [6.07, 6.45) is 7.46. The number of aliphatic hydroxyl groups excluding tert-OH is 1. The highest BCUT2D eigenvalue weighted by molar-refractivity contribution is 5.90. The topological polar surface area (TPSA) is 70.1 Å². The van der Waals surface area contributed by atoms with E-state index in [2.05, 4.69) is 31.2 Å². The van der Waals surface area contributed by atoms with Crippen molar-refractivity contribution in [2.45, 2.75) is 44.2 Å². The molecule has 2 aromatic carbocycles. The lowest BCUT2D eigenvalue weighted by molar-refractivity contribution is -0.122. The van der Waals surface area contributed by atoms with Gasteiger partial charge in [-0.1, -0.05) is 67.6 Å². The molecule has 4 rings (SSSR count). The largest absolute Gasteiger partial charge is 0.438 e. The molecule has 2 aromatic rings. The number of nitrogens with zero attached hydrogens (tertiary/aromatic N) is 2. The number of ether oxygens (including phenoxy) is 1. The van der Waals surface area contributed by atoms with Gasteiger partial charge in [0.15, 0.2) is 0 Å². The fraction of sp³-hybridized carbons (Fsp3) is 0.357. The number of cyclic esters (lactones) is 1. The number of hydrogen-bond acceptors (Lipinski definition) is 4. The lowest BCUT2D eigenvalue weighted by Gasteiger charge is -2.44. The van der Waals surface area contributed by atoms with Crippen LogP contribution in [-0.2, 0) is 15.1 Å². The first-order chi connectivity index (χ1) is 16.5. The maximum absolute atomic E-state index is 13.2. The first-order valence-electron chi connectivity index (χ1n) is 11.9. The molecule has 0 aliphatic carbocycles. The van der Waals surface area contributed by atoms with Gasteiger partial charge in [-0.3, -0.25) is 4.79 Å². The Bertz CT molecular complexity index is 1080. The number of aliphatic hydroxyl groups is 1. The zero-order valence-corrected chi connectivity index (χ0v) is 19.8. The molecule has 0 aromatic heterocycles. The van der Waals surface area contributed by atoms with Gasteiger partial charge in [-0.25, -0.2) is 4.79 Å². The first kappa shape index (κ1) is 23.8. The summed E-state index contributed by atoms with van der Waals surface area (Å²) < 4.78 is 6.04. The second-order valence-electron chi connectivity index (χ2n) is 8.90. The van der Waals surface area contributed by atoms with Crippen LogP contribution in [0.1, 0.15) is 55.3 Å².